The Morgan fingerprint density at radius 2 is 1.54 bits per heavy atom. The molecule has 0 bridgehead atoms. The second kappa shape index (κ2) is 6.45. The second-order valence-corrected chi connectivity index (χ2v) is 7.08. The van der Waals surface area contributed by atoms with Crippen molar-refractivity contribution in [3.8, 4) is 11.5 Å². The fourth-order valence-corrected chi connectivity index (χ4v) is 3.81. The topological polar surface area (TPSA) is 46.6 Å². The van der Waals surface area contributed by atoms with Gasteiger partial charge in [-0.3, -0.25) is 14.5 Å². The van der Waals surface area contributed by atoms with Crippen LogP contribution in [0.25, 0.3) is 0 Å². The Balaban J connectivity index is 1.54. The van der Waals surface area contributed by atoms with Gasteiger partial charge in [0.25, 0.3) is 0 Å². The first kappa shape index (κ1) is 16.6. The van der Waals surface area contributed by atoms with Crippen LogP contribution in [-0.4, -0.2) is 11.8 Å². The van der Waals surface area contributed by atoms with Crippen molar-refractivity contribution in [2.45, 2.75) is 20.3 Å². The molecule has 4 heteroatoms. The maximum atomic E-state index is 12.8. The van der Waals surface area contributed by atoms with Crippen LogP contribution < -0.4 is 9.64 Å². The molecule has 2 amide bonds. The number of aryl methyl sites for hydroxylation is 1. The molecule has 4 nitrogen and oxygen atoms in total. The molecule has 1 aliphatic carbocycles. The third-order valence-electron chi connectivity index (χ3n) is 5.22. The number of anilines is 1. The summed E-state index contributed by atoms with van der Waals surface area (Å²) in [6.45, 7) is 4.02. The second-order valence-electron chi connectivity index (χ2n) is 7.08. The van der Waals surface area contributed by atoms with Crippen molar-refractivity contribution in [3.63, 3.8) is 0 Å². The van der Waals surface area contributed by atoms with Gasteiger partial charge in [-0.05, 0) is 55.7 Å². The molecule has 4 rings (SSSR count). The van der Waals surface area contributed by atoms with Gasteiger partial charge in [0.2, 0.25) is 11.8 Å². The number of ether oxygens (including phenoxy) is 1. The molecule has 1 heterocycles. The fraction of sp³-hybridized carbons (Fsp3) is 0.273. The Bertz CT molecular complexity index is 867. The number of carbonyl (C=O) groups excluding carboxylic acids is 2. The van der Waals surface area contributed by atoms with Crippen LogP contribution >= 0.6 is 0 Å². The molecule has 0 spiro atoms. The molecule has 0 aromatic heterocycles. The lowest BCUT2D eigenvalue weighted by Crippen LogP contribution is -2.31. The van der Waals surface area contributed by atoms with Crippen molar-refractivity contribution in [1.82, 2.24) is 0 Å². The minimum absolute atomic E-state index is 0.0935. The number of hydrogen-bond donors (Lipinski definition) is 0. The Morgan fingerprint density at radius 3 is 2.15 bits per heavy atom. The van der Waals surface area contributed by atoms with E-state index in [-0.39, 0.29) is 29.6 Å². The molecule has 1 fully saturated rings. The summed E-state index contributed by atoms with van der Waals surface area (Å²) in [5.41, 5.74) is 1.78. The van der Waals surface area contributed by atoms with Crippen molar-refractivity contribution in [2.75, 3.05) is 4.90 Å². The number of carbonyl (C=O) groups is 2. The Labute approximate surface area is 153 Å². The molecule has 26 heavy (non-hydrogen) atoms. The number of fused-ring (bicyclic) bond motifs is 1. The average molecular weight is 347 g/mol. The van der Waals surface area contributed by atoms with Crippen molar-refractivity contribution in [1.29, 1.82) is 0 Å². The van der Waals surface area contributed by atoms with Crippen LogP contribution in [0.4, 0.5) is 5.69 Å². The number of hydrogen-bond acceptors (Lipinski definition) is 3. The first-order chi connectivity index (χ1) is 12.5. The van der Waals surface area contributed by atoms with E-state index < -0.39 is 0 Å². The van der Waals surface area contributed by atoms with Crippen LogP contribution in [0, 0.1) is 24.7 Å². The minimum atomic E-state index is -0.240. The Kier molecular flexibility index (Phi) is 4.11. The number of imide groups is 1. The van der Waals surface area contributed by atoms with Gasteiger partial charge in [0, 0.05) is 0 Å². The summed E-state index contributed by atoms with van der Waals surface area (Å²) in [5, 5.41) is 0. The molecule has 0 N–H and O–H groups in total. The van der Waals surface area contributed by atoms with E-state index >= 15 is 0 Å². The molecule has 1 aliphatic heterocycles. The van der Waals surface area contributed by atoms with Gasteiger partial charge < -0.3 is 4.74 Å². The third-order valence-corrected chi connectivity index (χ3v) is 5.22. The number of rotatable bonds is 3. The SMILES string of the molecule is Cc1ccc(Oc2ccc(N3C(=O)[C@@H]4[C@H](C)C=CC[C@@H]4C3=O)cc2)cc1. The van der Waals surface area contributed by atoms with Crippen molar-refractivity contribution < 1.29 is 14.3 Å². The Morgan fingerprint density at radius 1 is 0.923 bits per heavy atom. The monoisotopic (exact) mass is 347 g/mol. The highest BCUT2D eigenvalue weighted by molar-refractivity contribution is 6.22. The molecule has 1 saturated heterocycles. The molecule has 2 aromatic rings. The van der Waals surface area contributed by atoms with Crippen LogP contribution in [0.1, 0.15) is 18.9 Å². The highest BCUT2D eigenvalue weighted by atomic mass is 16.5. The van der Waals surface area contributed by atoms with Crippen molar-refractivity contribution >= 4 is 17.5 Å². The lowest BCUT2D eigenvalue weighted by atomic mass is 9.78. The smallest absolute Gasteiger partial charge is 0.238 e. The van der Waals surface area contributed by atoms with Gasteiger partial charge >= 0.3 is 0 Å². The van der Waals surface area contributed by atoms with Crippen LogP contribution in [0.15, 0.2) is 60.7 Å². The fourth-order valence-electron chi connectivity index (χ4n) is 3.81. The summed E-state index contributed by atoms with van der Waals surface area (Å²) < 4.78 is 5.82. The molecule has 2 aliphatic rings. The summed E-state index contributed by atoms with van der Waals surface area (Å²) >= 11 is 0. The van der Waals surface area contributed by atoms with E-state index in [0.717, 1.165) is 5.75 Å². The summed E-state index contributed by atoms with van der Waals surface area (Å²) in [6, 6.07) is 14.9. The highest BCUT2D eigenvalue weighted by Gasteiger charge is 2.50. The predicted molar refractivity (Wildman–Crippen MR) is 100 cm³/mol. The lowest BCUT2D eigenvalue weighted by Gasteiger charge is -2.22. The first-order valence-electron chi connectivity index (χ1n) is 8.93. The summed E-state index contributed by atoms with van der Waals surface area (Å²) in [7, 11) is 0. The zero-order chi connectivity index (χ0) is 18.3. The zero-order valence-corrected chi connectivity index (χ0v) is 14.9. The molecule has 0 saturated carbocycles. The summed E-state index contributed by atoms with van der Waals surface area (Å²) in [4.78, 5) is 26.9. The van der Waals surface area contributed by atoms with Crippen molar-refractivity contribution in [2.24, 2.45) is 17.8 Å². The van der Waals surface area contributed by atoms with E-state index in [9.17, 15) is 9.59 Å². The zero-order valence-electron chi connectivity index (χ0n) is 14.9. The predicted octanol–water partition coefficient (Wildman–Crippen LogP) is 4.49. The number of benzene rings is 2. The lowest BCUT2D eigenvalue weighted by molar-refractivity contribution is -0.122. The standard InChI is InChI=1S/C22H21NO3/c1-14-6-10-17(11-7-14)26-18-12-8-16(9-13-18)23-21(24)19-5-3-4-15(2)20(19)22(23)25/h3-4,6-13,15,19-20H,5H2,1-2H3/t15-,19+,20-/m1/s1. The van der Waals surface area contributed by atoms with Crippen LogP contribution in [0.3, 0.4) is 0 Å². The molecular weight excluding hydrogens is 326 g/mol. The molecule has 0 radical (unpaired) electrons. The Hall–Kier alpha value is -2.88. The number of allylic oxidation sites excluding steroid dienone is 2. The average Bonchev–Trinajstić information content (AvgIpc) is 2.90. The van der Waals surface area contributed by atoms with Gasteiger partial charge in [-0.1, -0.05) is 36.8 Å². The summed E-state index contributed by atoms with van der Waals surface area (Å²) in [5.74, 6) is 0.862. The third kappa shape index (κ3) is 2.81. The molecular formula is C22H21NO3. The van der Waals surface area contributed by atoms with Gasteiger partial charge in [-0.25, -0.2) is 0 Å². The van der Waals surface area contributed by atoms with Gasteiger partial charge in [0.05, 0.1) is 17.5 Å². The largest absolute Gasteiger partial charge is 0.457 e. The number of amides is 2. The summed E-state index contributed by atoms with van der Waals surface area (Å²) in [6.07, 6.45) is 4.69. The van der Waals surface area contributed by atoms with Gasteiger partial charge in [-0.2, -0.15) is 0 Å². The van der Waals surface area contributed by atoms with Gasteiger partial charge in [0.1, 0.15) is 11.5 Å². The van der Waals surface area contributed by atoms with Crippen LogP contribution in [0.5, 0.6) is 11.5 Å². The van der Waals surface area contributed by atoms with Crippen LogP contribution in [-0.2, 0) is 9.59 Å². The molecule has 0 unspecified atom stereocenters. The quantitative estimate of drug-likeness (QED) is 0.607. The van der Waals surface area contributed by atoms with Crippen molar-refractivity contribution in [3.05, 3.63) is 66.2 Å². The first-order valence-corrected chi connectivity index (χ1v) is 8.93. The van der Waals surface area contributed by atoms with E-state index in [1.807, 2.05) is 50.3 Å². The minimum Gasteiger partial charge on any atom is -0.457 e. The normalized spacial score (nSPS) is 24.7. The molecule has 2 aromatic carbocycles. The highest BCUT2D eigenvalue weighted by Crippen LogP contribution is 2.40. The van der Waals surface area contributed by atoms with E-state index in [2.05, 4.69) is 0 Å². The van der Waals surface area contributed by atoms with E-state index in [1.54, 1.807) is 24.3 Å². The van der Waals surface area contributed by atoms with E-state index in [4.69, 9.17) is 4.74 Å². The van der Waals surface area contributed by atoms with Crippen LogP contribution in [0.2, 0.25) is 0 Å². The van der Waals surface area contributed by atoms with Gasteiger partial charge in [-0.15, -0.1) is 0 Å². The maximum Gasteiger partial charge on any atom is 0.238 e. The maximum absolute atomic E-state index is 12.8. The number of nitrogens with zero attached hydrogens (tertiary/aromatic N) is 1. The molecule has 132 valence electrons. The van der Waals surface area contributed by atoms with E-state index in [0.29, 0.717) is 17.9 Å². The van der Waals surface area contributed by atoms with E-state index in [1.165, 1.54) is 10.5 Å². The van der Waals surface area contributed by atoms with Gasteiger partial charge in [0.15, 0.2) is 0 Å². The molecule has 3 atom stereocenters.